The number of unbranched alkanes of at least 4 members (excludes halogenated alkanes) is 3. The molecular formula is C30H55NO21. The van der Waals surface area contributed by atoms with Crippen LogP contribution in [0.15, 0.2) is 0 Å². The first-order valence-corrected chi connectivity index (χ1v) is 17.3. The van der Waals surface area contributed by atoms with E-state index < -0.39 is 149 Å². The molecule has 306 valence electrons. The van der Waals surface area contributed by atoms with Crippen molar-refractivity contribution in [1.29, 1.82) is 0 Å². The van der Waals surface area contributed by atoms with Crippen molar-refractivity contribution < 1.29 is 104 Å². The van der Waals surface area contributed by atoms with Crippen LogP contribution in [0, 0.1) is 0 Å². The van der Waals surface area contributed by atoms with Crippen LogP contribution in [0.3, 0.4) is 0 Å². The Labute approximate surface area is 298 Å². The van der Waals surface area contributed by atoms with Gasteiger partial charge in [-0.2, -0.15) is 0 Å². The minimum absolute atomic E-state index is 0.181. The predicted octanol–water partition coefficient (Wildman–Crippen LogP) is -8.21. The summed E-state index contributed by atoms with van der Waals surface area (Å²) in [6.45, 7) is -2.54. The van der Waals surface area contributed by atoms with Crippen LogP contribution in [0.5, 0.6) is 0 Å². The lowest BCUT2D eigenvalue weighted by Crippen LogP contribution is -2.67. The molecule has 0 aromatic rings. The Bertz CT molecular complexity index is 1030. The Morgan fingerprint density at radius 2 is 0.731 bits per heavy atom. The largest absolute Gasteiger partial charge is 0.394 e. The third-order valence-electron chi connectivity index (χ3n) is 9.56. The van der Waals surface area contributed by atoms with Crippen LogP contribution in [0.4, 0.5) is 0 Å². The van der Waals surface area contributed by atoms with Crippen molar-refractivity contribution in [3.63, 3.8) is 0 Å². The number of ether oxygens (including phenoxy) is 8. The van der Waals surface area contributed by atoms with Crippen LogP contribution in [-0.2, 0) is 37.9 Å². The number of aliphatic hydroxyl groups is 13. The maximum Gasteiger partial charge on any atom is 0.187 e. The summed E-state index contributed by atoms with van der Waals surface area (Å²) in [6.07, 6.45) is -31.0. The smallest absolute Gasteiger partial charge is 0.187 e. The molecule has 0 bridgehead atoms. The summed E-state index contributed by atoms with van der Waals surface area (Å²) in [6, 6.07) is 0. The number of aliphatic hydroxyl groups excluding tert-OH is 13. The summed E-state index contributed by atoms with van der Waals surface area (Å²) >= 11 is 0. The molecule has 0 aliphatic carbocycles. The van der Waals surface area contributed by atoms with E-state index in [0.29, 0.717) is 13.0 Å². The topological polar surface area (TPSA) is 363 Å². The summed E-state index contributed by atoms with van der Waals surface area (Å²) in [5.74, 6) is 0. The molecule has 4 aliphatic rings. The lowest BCUT2D eigenvalue weighted by atomic mass is 9.95. The van der Waals surface area contributed by atoms with Gasteiger partial charge < -0.3 is 110 Å². The standard InChI is InChI=1S/C30H55NO21/c31-5-3-1-2-4-6-45-27-21(42)17(38)24(12(8-33)47-27)51-29-23(44)19(40)26(14(10-35)49-29)52-30-22(43)18(39)25(13(9-34)48-30)50-28-20(41)16(37)15(36)11(7-32)46-28/h11-30,32-44H,1-10,31H2/t11?,12?,13?,14?,15-,16?,17?,18?,19?,20?,21?,22?,23?,24-,25+,26+,27-,28+,29+,30-/m0/s1. The van der Waals surface area contributed by atoms with Crippen molar-refractivity contribution in [2.45, 2.75) is 149 Å². The molecule has 0 spiro atoms. The highest BCUT2D eigenvalue weighted by molar-refractivity contribution is 4.97. The summed E-state index contributed by atoms with van der Waals surface area (Å²) < 4.78 is 44.4. The van der Waals surface area contributed by atoms with Crippen molar-refractivity contribution in [2.75, 3.05) is 39.6 Å². The number of nitrogens with two attached hydrogens (primary N) is 1. The number of rotatable bonds is 17. The minimum atomic E-state index is -2.02. The molecule has 15 N–H and O–H groups in total. The molecule has 4 aliphatic heterocycles. The normalized spacial score (nSPS) is 47.4. The molecule has 52 heavy (non-hydrogen) atoms. The second kappa shape index (κ2) is 20.3. The van der Waals surface area contributed by atoms with E-state index in [2.05, 4.69) is 0 Å². The van der Waals surface area contributed by atoms with E-state index in [0.717, 1.165) is 19.3 Å². The van der Waals surface area contributed by atoms with Crippen molar-refractivity contribution in [3.05, 3.63) is 0 Å². The average Bonchev–Trinajstić information content (AvgIpc) is 3.14. The van der Waals surface area contributed by atoms with Crippen LogP contribution in [0.25, 0.3) is 0 Å². The van der Waals surface area contributed by atoms with Gasteiger partial charge in [0.25, 0.3) is 0 Å². The van der Waals surface area contributed by atoms with E-state index >= 15 is 0 Å². The average molecular weight is 766 g/mol. The fraction of sp³-hybridized carbons (Fsp3) is 1.00. The van der Waals surface area contributed by atoms with Crippen LogP contribution < -0.4 is 5.73 Å². The van der Waals surface area contributed by atoms with Gasteiger partial charge in [0.2, 0.25) is 0 Å². The zero-order valence-electron chi connectivity index (χ0n) is 28.3. The van der Waals surface area contributed by atoms with Gasteiger partial charge >= 0.3 is 0 Å². The van der Waals surface area contributed by atoms with E-state index in [1.54, 1.807) is 0 Å². The lowest BCUT2D eigenvalue weighted by molar-refractivity contribution is -0.388. The highest BCUT2D eigenvalue weighted by Crippen LogP contribution is 2.34. The summed E-state index contributed by atoms with van der Waals surface area (Å²) in [7, 11) is 0. The monoisotopic (exact) mass is 765 g/mol. The Morgan fingerprint density at radius 1 is 0.385 bits per heavy atom. The summed E-state index contributed by atoms with van der Waals surface area (Å²) in [5, 5.41) is 135. The van der Waals surface area contributed by atoms with Crippen molar-refractivity contribution in [1.82, 2.24) is 0 Å². The third kappa shape index (κ3) is 9.91. The molecule has 0 saturated carbocycles. The molecule has 0 radical (unpaired) electrons. The van der Waals surface area contributed by atoms with Crippen LogP contribution in [0.1, 0.15) is 25.7 Å². The lowest BCUT2D eigenvalue weighted by Gasteiger charge is -2.49. The van der Waals surface area contributed by atoms with Gasteiger partial charge in [-0.05, 0) is 19.4 Å². The van der Waals surface area contributed by atoms with E-state index in [-0.39, 0.29) is 6.61 Å². The first-order valence-electron chi connectivity index (χ1n) is 17.3. The maximum absolute atomic E-state index is 11.0. The van der Waals surface area contributed by atoms with Crippen LogP contribution in [-0.4, -0.2) is 229 Å². The molecular weight excluding hydrogens is 710 g/mol. The van der Waals surface area contributed by atoms with Gasteiger partial charge in [0, 0.05) is 6.61 Å². The highest BCUT2D eigenvalue weighted by atomic mass is 16.8. The van der Waals surface area contributed by atoms with Crippen LogP contribution >= 0.6 is 0 Å². The molecule has 12 unspecified atom stereocenters. The van der Waals surface area contributed by atoms with E-state index in [9.17, 15) is 66.4 Å². The fourth-order valence-electron chi connectivity index (χ4n) is 6.47. The molecule has 22 heteroatoms. The second-order valence-corrected chi connectivity index (χ2v) is 13.2. The zero-order valence-corrected chi connectivity index (χ0v) is 28.3. The highest BCUT2D eigenvalue weighted by Gasteiger charge is 2.55. The minimum Gasteiger partial charge on any atom is -0.394 e. The van der Waals surface area contributed by atoms with Crippen LogP contribution in [0.2, 0.25) is 0 Å². The Hall–Kier alpha value is -0.880. The summed E-state index contributed by atoms with van der Waals surface area (Å²) in [4.78, 5) is 0. The van der Waals surface area contributed by atoms with Crippen molar-refractivity contribution in [3.8, 4) is 0 Å². The maximum atomic E-state index is 11.0. The van der Waals surface area contributed by atoms with Gasteiger partial charge in [-0.3, -0.25) is 0 Å². The SMILES string of the molecule is NCCCCCCO[C@H]1OC(CO)[C@H](O[C@H]2OC(CO)[C@@H](O[C@@H]3OC(CO)[C@@H](O[C@H]4OC(CO)[C@H](O)C(O)C4O)C(O)C3O)C(O)C2O)C(O)C1O. The van der Waals surface area contributed by atoms with Gasteiger partial charge in [-0.15, -0.1) is 0 Å². The summed E-state index contributed by atoms with van der Waals surface area (Å²) in [5.41, 5.74) is 5.48. The molecule has 0 aromatic heterocycles. The van der Waals surface area contributed by atoms with Gasteiger partial charge in [-0.25, -0.2) is 0 Å². The first kappa shape index (κ1) is 43.8. The van der Waals surface area contributed by atoms with E-state index in [4.69, 9.17) is 43.6 Å². The van der Waals surface area contributed by atoms with Gasteiger partial charge in [-0.1, -0.05) is 12.8 Å². The van der Waals surface area contributed by atoms with E-state index in [1.807, 2.05) is 0 Å². The predicted molar refractivity (Wildman–Crippen MR) is 165 cm³/mol. The molecule has 4 saturated heterocycles. The van der Waals surface area contributed by atoms with Gasteiger partial charge in [0.1, 0.15) is 97.7 Å². The van der Waals surface area contributed by atoms with Crippen molar-refractivity contribution >= 4 is 0 Å². The zero-order chi connectivity index (χ0) is 38.3. The van der Waals surface area contributed by atoms with Gasteiger partial charge in [0.05, 0.1) is 26.4 Å². The van der Waals surface area contributed by atoms with Gasteiger partial charge in [0.15, 0.2) is 25.2 Å². The fourth-order valence-corrected chi connectivity index (χ4v) is 6.47. The third-order valence-corrected chi connectivity index (χ3v) is 9.56. The molecule has 4 heterocycles. The Kier molecular flexibility index (Phi) is 17.1. The molecule has 4 rings (SSSR count). The molecule has 0 aromatic carbocycles. The second-order valence-electron chi connectivity index (χ2n) is 13.2. The Balaban J connectivity index is 1.37. The molecule has 20 atom stereocenters. The number of hydrogen-bond acceptors (Lipinski definition) is 22. The van der Waals surface area contributed by atoms with Crippen molar-refractivity contribution in [2.24, 2.45) is 5.73 Å². The molecule has 4 fully saturated rings. The molecule has 22 nitrogen and oxygen atoms in total. The quantitative estimate of drug-likeness (QED) is 0.0611. The molecule has 0 amide bonds. The Morgan fingerprint density at radius 3 is 1.13 bits per heavy atom. The van der Waals surface area contributed by atoms with E-state index in [1.165, 1.54) is 0 Å². The number of hydrogen-bond donors (Lipinski definition) is 14. The first-order chi connectivity index (χ1) is 24.8.